The number of nitrogens with zero attached hydrogens (tertiary/aromatic N) is 6. The number of rotatable bonds is 2. The van der Waals surface area contributed by atoms with Crippen LogP contribution in [0.3, 0.4) is 0 Å². The van der Waals surface area contributed by atoms with Gasteiger partial charge in [-0.05, 0) is 0 Å². The van der Waals surface area contributed by atoms with Gasteiger partial charge in [-0.15, -0.1) is 15.3 Å². The average Bonchev–Trinajstić information content (AvgIpc) is 2.94. The van der Waals surface area contributed by atoms with Crippen LogP contribution in [-0.4, -0.2) is 36.0 Å². The van der Waals surface area contributed by atoms with Gasteiger partial charge in [0.15, 0.2) is 0 Å². The standard InChI is InChI=1S/C6H4F3N7OS/c7-6(8,9)4-12-13-5(18-4)16-1-11-3(14-16)2(10)15-17/h1,17H,(H2,10,15). The van der Waals surface area contributed by atoms with Gasteiger partial charge in [-0.1, -0.05) is 16.5 Å². The first-order chi connectivity index (χ1) is 8.41. The number of nitrogens with two attached hydrogens (primary N) is 1. The van der Waals surface area contributed by atoms with Crippen molar-refractivity contribution in [2.24, 2.45) is 10.9 Å². The summed E-state index contributed by atoms with van der Waals surface area (Å²) in [4.78, 5) is 3.63. The smallest absolute Gasteiger partial charge is 0.409 e. The van der Waals surface area contributed by atoms with Crippen LogP contribution in [0.25, 0.3) is 5.13 Å². The zero-order valence-electron chi connectivity index (χ0n) is 8.33. The van der Waals surface area contributed by atoms with Crippen molar-refractivity contribution in [2.75, 3.05) is 0 Å². The molecule has 96 valence electrons. The molecule has 0 amide bonds. The molecule has 0 fully saturated rings. The van der Waals surface area contributed by atoms with E-state index in [1.54, 1.807) is 0 Å². The molecule has 2 rings (SSSR count). The fourth-order valence-corrected chi connectivity index (χ4v) is 1.57. The Hall–Kier alpha value is -2.24. The molecule has 2 heterocycles. The monoisotopic (exact) mass is 279 g/mol. The number of halogens is 3. The lowest BCUT2D eigenvalue weighted by Gasteiger charge is -1.97. The van der Waals surface area contributed by atoms with Crippen molar-refractivity contribution in [3.63, 3.8) is 0 Å². The second-order valence-electron chi connectivity index (χ2n) is 2.89. The summed E-state index contributed by atoms with van der Waals surface area (Å²) in [5.74, 6) is -0.504. The van der Waals surface area contributed by atoms with Crippen molar-refractivity contribution >= 4 is 17.2 Å². The van der Waals surface area contributed by atoms with Crippen LogP contribution in [0.15, 0.2) is 11.5 Å². The van der Waals surface area contributed by atoms with E-state index in [2.05, 4.69) is 25.4 Å². The lowest BCUT2D eigenvalue weighted by atomic mass is 10.6. The summed E-state index contributed by atoms with van der Waals surface area (Å²) in [6, 6.07) is 0. The van der Waals surface area contributed by atoms with Gasteiger partial charge >= 0.3 is 6.18 Å². The third-order valence-electron chi connectivity index (χ3n) is 1.68. The molecule has 0 saturated carbocycles. The number of amidine groups is 1. The van der Waals surface area contributed by atoms with E-state index >= 15 is 0 Å². The SMILES string of the molecule is NC(=NO)c1ncn(-c2nnc(C(F)(F)F)s2)n1. The van der Waals surface area contributed by atoms with Crippen molar-refractivity contribution in [1.29, 1.82) is 0 Å². The topological polar surface area (TPSA) is 115 Å². The third-order valence-corrected chi connectivity index (χ3v) is 2.64. The maximum atomic E-state index is 12.3. The van der Waals surface area contributed by atoms with Crippen LogP contribution in [0, 0.1) is 0 Å². The minimum atomic E-state index is -4.56. The Labute approximate surface area is 101 Å². The minimum absolute atomic E-state index is 0.133. The van der Waals surface area contributed by atoms with Crippen LogP contribution >= 0.6 is 11.3 Å². The van der Waals surface area contributed by atoms with Crippen molar-refractivity contribution in [1.82, 2.24) is 25.0 Å². The number of aromatic nitrogens is 5. The molecule has 2 aromatic rings. The van der Waals surface area contributed by atoms with Crippen molar-refractivity contribution < 1.29 is 18.4 Å². The van der Waals surface area contributed by atoms with Crippen LogP contribution < -0.4 is 5.73 Å². The normalized spacial score (nSPS) is 12.9. The fourth-order valence-electron chi connectivity index (χ4n) is 0.940. The van der Waals surface area contributed by atoms with Gasteiger partial charge in [0, 0.05) is 0 Å². The highest BCUT2D eigenvalue weighted by Crippen LogP contribution is 2.32. The molecule has 12 heteroatoms. The van der Waals surface area contributed by atoms with Gasteiger partial charge in [0.1, 0.15) is 6.33 Å². The lowest BCUT2D eigenvalue weighted by Crippen LogP contribution is -2.15. The van der Waals surface area contributed by atoms with E-state index in [0.29, 0.717) is 11.3 Å². The largest absolute Gasteiger partial charge is 0.445 e. The van der Waals surface area contributed by atoms with Gasteiger partial charge in [-0.2, -0.15) is 17.9 Å². The summed E-state index contributed by atoms with van der Waals surface area (Å²) in [6.45, 7) is 0. The highest BCUT2D eigenvalue weighted by atomic mass is 32.1. The molecule has 18 heavy (non-hydrogen) atoms. The molecule has 8 nitrogen and oxygen atoms in total. The summed E-state index contributed by atoms with van der Waals surface area (Å²) < 4.78 is 37.8. The van der Waals surface area contributed by atoms with Gasteiger partial charge in [0.2, 0.25) is 21.8 Å². The molecule has 0 radical (unpaired) electrons. The quantitative estimate of drug-likeness (QED) is 0.352. The Morgan fingerprint density at radius 2 is 2.17 bits per heavy atom. The maximum absolute atomic E-state index is 12.3. The molecule has 0 bridgehead atoms. The van der Waals surface area contributed by atoms with E-state index in [1.807, 2.05) is 0 Å². The Bertz CT molecular complexity index is 588. The van der Waals surface area contributed by atoms with Crippen LogP contribution in [-0.2, 0) is 6.18 Å². The van der Waals surface area contributed by atoms with E-state index in [9.17, 15) is 13.2 Å². The minimum Gasteiger partial charge on any atom is -0.409 e. The molecule has 0 aliphatic carbocycles. The van der Waals surface area contributed by atoms with Gasteiger partial charge in [-0.3, -0.25) is 0 Å². The van der Waals surface area contributed by atoms with Crippen LogP contribution in [0.4, 0.5) is 13.2 Å². The highest BCUT2D eigenvalue weighted by molar-refractivity contribution is 7.13. The summed E-state index contributed by atoms with van der Waals surface area (Å²) >= 11 is 0.296. The van der Waals surface area contributed by atoms with Crippen LogP contribution in [0.2, 0.25) is 0 Å². The molecule has 0 aromatic carbocycles. The van der Waals surface area contributed by atoms with Gasteiger partial charge in [0.05, 0.1) is 0 Å². The summed E-state index contributed by atoms with van der Waals surface area (Å²) in [6.07, 6.45) is -3.49. The summed E-state index contributed by atoms with van der Waals surface area (Å²) in [5.41, 5.74) is 5.21. The van der Waals surface area contributed by atoms with Gasteiger partial charge in [0.25, 0.3) is 0 Å². The summed E-state index contributed by atoms with van der Waals surface area (Å²) in [7, 11) is 0. The first-order valence-corrected chi connectivity index (χ1v) is 5.04. The molecule has 2 aromatic heterocycles. The number of hydrogen-bond donors (Lipinski definition) is 2. The van der Waals surface area contributed by atoms with E-state index in [4.69, 9.17) is 10.9 Å². The Morgan fingerprint density at radius 1 is 1.44 bits per heavy atom. The molecular weight excluding hydrogens is 275 g/mol. The molecule has 0 saturated heterocycles. The predicted molar refractivity (Wildman–Crippen MR) is 52.3 cm³/mol. The average molecular weight is 279 g/mol. The molecule has 0 spiro atoms. The molecule has 0 unspecified atom stereocenters. The van der Waals surface area contributed by atoms with Crippen LogP contribution in [0.5, 0.6) is 0 Å². The van der Waals surface area contributed by atoms with E-state index in [-0.39, 0.29) is 16.8 Å². The Balaban J connectivity index is 2.33. The second-order valence-corrected chi connectivity index (χ2v) is 3.84. The highest BCUT2D eigenvalue weighted by Gasteiger charge is 2.36. The maximum Gasteiger partial charge on any atom is 0.445 e. The number of oxime groups is 1. The molecule has 0 aliphatic heterocycles. The molecule has 0 atom stereocenters. The predicted octanol–water partition coefficient (Wildman–Crippen LogP) is 0.232. The van der Waals surface area contributed by atoms with Gasteiger partial charge < -0.3 is 10.9 Å². The number of hydrogen-bond acceptors (Lipinski definition) is 7. The van der Waals surface area contributed by atoms with E-state index in [1.165, 1.54) is 0 Å². The van der Waals surface area contributed by atoms with Crippen LogP contribution in [0.1, 0.15) is 10.8 Å². The van der Waals surface area contributed by atoms with Crippen molar-refractivity contribution in [2.45, 2.75) is 6.18 Å². The number of alkyl halides is 3. The lowest BCUT2D eigenvalue weighted by molar-refractivity contribution is -0.138. The van der Waals surface area contributed by atoms with Gasteiger partial charge in [-0.25, -0.2) is 4.98 Å². The second kappa shape index (κ2) is 4.21. The molecule has 3 N–H and O–H groups in total. The first-order valence-electron chi connectivity index (χ1n) is 4.22. The summed E-state index contributed by atoms with van der Waals surface area (Å²) in [5, 5.41) is 19.8. The Morgan fingerprint density at radius 3 is 2.72 bits per heavy atom. The first kappa shape index (κ1) is 12.2. The molecule has 0 aliphatic rings. The fraction of sp³-hybridized carbons (Fsp3) is 0.167. The zero-order chi connectivity index (χ0) is 13.3. The van der Waals surface area contributed by atoms with Crippen molar-refractivity contribution in [3.8, 4) is 5.13 Å². The Kier molecular flexibility index (Phi) is 2.86. The molecular formula is C6H4F3N7OS. The van der Waals surface area contributed by atoms with Crippen molar-refractivity contribution in [3.05, 3.63) is 17.2 Å². The zero-order valence-corrected chi connectivity index (χ0v) is 9.14. The van der Waals surface area contributed by atoms with E-state index < -0.39 is 11.2 Å². The van der Waals surface area contributed by atoms with E-state index in [0.717, 1.165) is 11.0 Å². The third kappa shape index (κ3) is 2.22.